The molecule has 0 saturated heterocycles. The van der Waals surface area contributed by atoms with Crippen LogP contribution in [-0.2, 0) is 4.79 Å². The van der Waals surface area contributed by atoms with Crippen LogP contribution in [0.2, 0.25) is 0 Å². The number of benzene rings is 2. The molecule has 4 aromatic rings. The summed E-state index contributed by atoms with van der Waals surface area (Å²) in [5.74, 6) is -0.158. The molecule has 1 aliphatic heterocycles. The highest BCUT2D eigenvalue weighted by Crippen LogP contribution is 2.45. The Bertz CT molecular complexity index is 1410. The number of carbonyl (C=O) groups excluding carboxylic acids is 1. The van der Waals surface area contributed by atoms with Crippen molar-refractivity contribution >= 4 is 22.7 Å². The summed E-state index contributed by atoms with van der Waals surface area (Å²) in [6.07, 6.45) is -1.11. The van der Waals surface area contributed by atoms with Crippen molar-refractivity contribution in [1.82, 2.24) is 5.16 Å². The van der Waals surface area contributed by atoms with Gasteiger partial charge >= 0.3 is 5.63 Å². The number of hydrogen-bond donors (Lipinski definition) is 2. The number of rotatable bonds is 4. The maximum atomic E-state index is 13.2. The van der Waals surface area contributed by atoms with Crippen LogP contribution < -0.4 is 20.4 Å². The Morgan fingerprint density at radius 2 is 2.00 bits per heavy atom. The maximum absolute atomic E-state index is 13.2. The Balaban J connectivity index is 1.66. The Hall–Kier alpha value is -4.27. The lowest BCUT2D eigenvalue weighted by Gasteiger charge is -2.18. The molecule has 162 valence electrons. The van der Waals surface area contributed by atoms with E-state index in [9.17, 15) is 14.7 Å². The number of para-hydroxylation sites is 1. The second kappa shape index (κ2) is 7.45. The third kappa shape index (κ3) is 3.15. The predicted molar refractivity (Wildman–Crippen MR) is 113 cm³/mol. The monoisotopic (exact) mass is 434 g/mol. The Morgan fingerprint density at radius 3 is 2.75 bits per heavy atom. The summed E-state index contributed by atoms with van der Waals surface area (Å²) in [7, 11) is 1.41. The van der Waals surface area contributed by atoms with Crippen LogP contribution in [0.4, 0.5) is 5.82 Å². The average molecular weight is 434 g/mol. The van der Waals surface area contributed by atoms with Gasteiger partial charge in [-0.2, -0.15) is 0 Å². The van der Waals surface area contributed by atoms with Crippen LogP contribution in [-0.4, -0.2) is 29.4 Å². The molecule has 2 aromatic carbocycles. The molecule has 32 heavy (non-hydrogen) atoms. The number of phenolic OH excluding ortho intramolecular Hbond substituents is 1. The number of hydrogen-bond acceptors (Lipinski definition) is 8. The summed E-state index contributed by atoms with van der Waals surface area (Å²) in [6.45, 7) is 1.70. The normalized spacial score (nSPS) is 17.1. The first-order valence-electron chi connectivity index (χ1n) is 9.79. The number of aromatic nitrogens is 1. The third-order valence-corrected chi connectivity index (χ3v) is 5.36. The molecule has 1 aliphatic rings. The molecule has 0 bridgehead atoms. The first kappa shape index (κ1) is 19.7. The van der Waals surface area contributed by atoms with E-state index in [-0.39, 0.29) is 28.6 Å². The molecule has 5 rings (SSSR count). The maximum Gasteiger partial charge on any atom is 0.344 e. The van der Waals surface area contributed by atoms with E-state index >= 15 is 0 Å². The fourth-order valence-electron chi connectivity index (χ4n) is 3.93. The van der Waals surface area contributed by atoms with Gasteiger partial charge in [0, 0.05) is 6.07 Å². The van der Waals surface area contributed by atoms with Crippen molar-refractivity contribution < 1.29 is 28.3 Å². The van der Waals surface area contributed by atoms with Crippen molar-refractivity contribution in [3.05, 3.63) is 75.8 Å². The van der Waals surface area contributed by atoms with E-state index in [4.69, 9.17) is 18.4 Å². The third-order valence-electron chi connectivity index (χ3n) is 5.36. The fraction of sp³-hybridized carbons (Fsp3) is 0.174. The first-order valence-corrected chi connectivity index (χ1v) is 9.79. The van der Waals surface area contributed by atoms with Crippen LogP contribution in [0.3, 0.4) is 0 Å². The van der Waals surface area contributed by atoms with Crippen molar-refractivity contribution in [2.45, 2.75) is 18.9 Å². The minimum atomic E-state index is -1.11. The Labute approximate surface area is 181 Å². The van der Waals surface area contributed by atoms with Crippen LogP contribution in [0, 0.1) is 6.92 Å². The number of nitrogens with zero attached hydrogens (tertiary/aromatic N) is 1. The van der Waals surface area contributed by atoms with E-state index < -0.39 is 23.6 Å². The number of ether oxygens (including phenoxy) is 2. The molecule has 2 atom stereocenters. The van der Waals surface area contributed by atoms with Gasteiger partial charge in [0.2, 0.25) is 0 Å². The van der Waals surface area contributed by atoms with E-state index in [1.54, 1.807) is 49.4 Å². The molecule has 3 heterocycles. The zero-order chi connectivity index (χ0) is 22.4. The van der Waals surface area contributed by atoms with E-state index in [0.29, 0.717) is 22.3 Å². The zero-order valence-electron chi connectivity index (χ0n) is 17.1. The molecule has 0 unspecified atom stereocenters. The van der Waals surface area contributed by atoms with Gasteiger partial charge in [-0.3, -0.25) is 4.79 Å². The smallest absolute Gasteiger partial charge is 0.344 e. The zero-order valence-corrected chi connectivity index (χ0v) is 17.1. The number of phenols is 1. The van der Waals surface area contributed by atoms with Gasteiger partial charge in [-0.1, -0.05) is 23.4 Å². The summed E-state index contributed by atoms with van der Waals surface area (Å²) in [6, 6.07) is 13.1. The topological polar surface area (TPSA) is 124 Å². The van der Waals surface area contributed by atoms with Gasteiger partial charge in [0.25, 0.3) is 5.91 Å². The number of aromatic hydroxyl groups is 1. The summed E-state index contributed by atoms with van der Waals surface area (Å²) < 4.78 is 21.8. The molecule has 2 aromatic heterocycles. The summed E-state index contributed by atoms with van der Waals surface area (Å²) in [5.41, 5.74) is 0.500. The van der Waals surface area contributed by atoms with Crippen molar-refractivity contribution in [3.63, 3.8) is 0 Å². The molecule has 1 amide bonds. The Morgan fingerprint density at radius 1 is 1.19 bits per heavy atom. The lowest BCUT2D eigenvalue weighted by Crippen LogP contribution is -2.35. The number of methoxy groups -OCH3 is 1. The Kier molecular flexibility index (Phi) is 4.58. The largest absolute Gasteiger partial charge is 0.504 e. The van der Waals surface area contributed by atoms with Gasteiger partial charge in [0.05, 0.1) is 24.0 Å². The second-order valence-electron chi connectivity index (χ2n) is 7.39. The molecular formula is C23H18N2O7. The van der Waals surface area contributed by atoms with E-state index in [2.05, 4.69) is 10.5 Å². The van der Waals surface area contributed by atoms with Crippen molar-refractivity contribution in [2.24, 2.45) is 0 Å². The van der Waals surface area contributed by atoms with Crippen molar-refractivity contribution in [1.29, 1.82) is 0 Å². The number of anilines is 1. The number of carbonyl (C=O) groups is 1. The molecule has 0 aliphatic carbocycles. The van der Waals surface area contributed by atoms with Crippen molar-refractivity contribution in [2.75, 3.05) is 12.4 Å². The van der Waals surface area contributed by atoms with E-state index in [1.807, 2.05) is 0 Å². The minimum Gasteiger partial charge on any atom is -0.504 e. The molecule has 0 spiro atoms. The first-order chi connectivity index (χ1) is 15.5. The average Bonchev–Trinajstić information content (AvgIpc) is 3.38. The van der Waals surface area contributed by atoms with Gasteiger partial charge in [-0.05, 0) is 36.8 Å². The fourth-order valence-corrected chi connectivity index (χ4v) is 3.93. The molecule has 2 N–H and O–H groups in total. The van der Waals surface area contributed by atoms with Gasteiger partial charge in [0.15, 0.2) is 23.4 Å². The highest BCUT2D eigenvalue weighted by Gasteiger charge is 2.44. The molecular weight excluding hydrogens is 416 g/mol. The minimum absolute atomic E-state index is 0.0694. The van der Waals surface area contributed by atoms with Gasteiger partial charge in [0.1, 0.15) is 17.1 Å². The van der Waals surface area contributed by atoms with Crippen LogP contribution >= 0.6 is 0 Å². The summed E-state index contributed by atoms with van der Waals surface area (Å²) in [5, 5.41) is 17.0. The molecule has 0 saturated carbocycles. The predicted octanol–water partition coefficient (Wildman–Crippen LogP) is 3.34. The van der Waals surface area contributed by atoms with Crippen LogP contribution in [0.15, 0.2) is 62.3 Å². The number of aryl methyl sites for hydroxylation is 1. The van der Waals surface area contributed by atoms with Gasteiger partial charge < -0.3 is 28.8 Å². The lowest BCUT2D eigenvalue weighted by molar-refractivity contribution is -0.122. The highest BCUT2D eigenvalue weighted by molar-refractivity contribution is 5.97. The quantitative estimate of drug-likeness (QED) is 0.469. The molecule has 0 fully saturated rings. The van der Waals surface area contributed by atoms with Gasteiger partial charge in [-0.15, -0.1) is 0 Å². The van der Waals surface area contributed by atoms with E-state index in [0.717, 1.165) is 0 Å². The SMILES string of the molecule is COc1cc([C@@H]2c3c(c4ccccc4oc3=O)O[C@H]2C(=O)Nc2cc(C)on2)ccc1O. The van der Waals surface area contributed by atoms with Gasteiger partial charge in [-0.25, -0.2) is 4.79 Å². The molecule has 9 nitrogen and oxygen atoms in total. The molecule has 9 heteroatoms. The number of amides is 1. The highest BCUT2D eigenvalue weighted by atomic mass is 16.5. The lowest BCUT2D eigenvalue weighted by atomic mass is 9.88. The van der Waals surface area contributed by atoms with Crippen molar-refractivity contribution in [3.8, 4) is 17.2 Å². The van der Waals surface area contributed by atoms with Crippen LogP contribution in [0.5, 0.6) is 17.2 Å². The summed E-state index contributed by atoms with van der Waals surface area (Å²) in [4.78, 5) is 26.2. The van der Waals surface area contributed by atoms with Crippen LogP contribution in [0.1, 0.15) is 22.8 Å². The summed E-state index contributed by atoms with van der Waals surface area (Å²) >= 11 is 0. The van der Waals surface area contributed by atoms with Crippen LogP contribution in [0.25, 0.3) is 11.0 Å². The van der Waals surface area contributed by atoms with E-state index in [1.165, 1.54) is 13.2 Å². The standard InChI is InChI=1S/C23H18N2O7/c1-11-9-17(25-32-11)24-22(27)21-18(12-7-8-14(26)16(10-12)29-2)19-20(31-21)13-5-3-4-6-15(13)30-23(19)28/h3-10,18,21,26H,1-2H3,(H,24,25,27)/t18-,21-/m1/s1. The number of fused-ring (bicyclic) bond motifs is 3. The molecule has 0 radical (unpaired) electrons. The second-order valence-corrected chi connectivity index (χ2v) is 7.39. The number of nitrogens with one attached hydrogen (secondary N) is 1.